The van der Waals surface area contributed by atoms with Crippen molar-refractivity contribution in [3.63, 3.8) is 0 Å². The van der Waals surface area contributed by atoms with Crippen LogP contribution in [0, 0.1) is 29.6 Å². The molecular formula is C11H16O2. The number of fused-ring (bicyclic) bond motifs is 1. The highest BCUT2D eigenvalue weighted by atomic mass is 16.5. The van der Waals surface area contributed by atoms with Crippen LogP contribution in [0.15, 0.2) is 0 Å². The maximum Gasteiger partial charge on any atom is 0.162 e. The number of carbonyl (C=O) groups is 1. The van der Waals surface area contributed by atoms with E-state index >= 15 is 0 Å². The van der Waals surface area contributed by atoms with E-state index in [-0.39, 0.29) is 0 Å². The predicted octanol–water partition coefficient (Wildman–Crippen LogP) is 1.49. The third kappa shape index (κ3) is 0.804. The van der Waals surface area contributed by atoms with Gasteiger partial charge in [0, 0.05) is 5.92 Å². The van der Waals surface area contributed by atoms with Crippen LogP contribution < -0.4 is 0 Å². The van der Waals surface area contributed by atoms with E-state index in [2.05, 4.69) is 13.8 Å². The lowest BCUT2D eigenvalue weighted by molar-refractivity contribution is -0.152. The van der Waals surface area contributed by atoms with E-state index in [0.29, 0.717) is 42.2 Å². The highest BCUT2D eigenvalue weighted by molar-refractivity contribution is 5.84. The number of ether oxygens (including phenoxy) is 1. The largest absolute Gasteiger partial charge is 0.370 e. The Morgan fingerprint density at radius 1 is 1.23 bits per heavy atom. The van der Waals surface area contributed by atoms with Gasteiger partial charge < -0.3 is 4.74 Å². The fourth-order valence-electron chi connectivity index (χ4n) is 4.08. The van der Waals surface area contributed by atoms with Gasteiger partial charge in [-0.2, -0.15) is 0 Å². The van der Waals surface area contributed by atoms with Gasteiger partial charge in [0.05, 0.1) is 6.10 Å². The zero-order valence-corrected chi connectivity index (χ0v) is 8.19. The summed E-state index contributed by atoms with van der Waals surface area (Å²) in [4.78, 5) is 11.6. The maximum absolute atomic E-state index is 11.6. The molecule has 2 aliphatic carbocycles. The van der Waals surface area contributed by atoms with Crippen molar-refractivity contribution in [3.05, 3.63) is 0 Å². The molecule has 0 radical (unpaired) electrons. The van der Waals surface area contributed by atoms with E-state index in [1.165, 1.54) is 6.42 Å². The third-order valence-electron chi connectivity index (χ3n) is 4.65. The van der Waals surface area contributed by atoms with Crippen LogP contribution in [0.3, 0.4) is 0 Å². The average molecular weight is 180 g/mol. The first-order valence-electron chi connectivity index (χ1n) is 5.34. The molecule has 2 nitrogen and oxygen atoms in total. The topological polar surface area (TPSA) is 26.3 Å². The molecule has 0 aromatic rings. The van der Waals surface area contributed by atoms with Gasteiger partial charge in [-0.1, -0.05) is 13.8 Å². The summed E-state index contributed by atoms with van der Waals surface area (Å²) in [5.41, 5.74) is 0. The number of carbonyl (C=O) groups excluding carboxylic acids is 1. The lowest BCUT2D eigenvalue weighted by Gasteiger charge is -2.41. The number of hydrogen-bond donors (Lipinski definition) is 0. The smallest absolute Gasteiger partial charge is 0.162 e. The molecule has 1 saturated heterocycles. The van der Waals surface area contributed by atoms with Crippen LogP contribution in [-0.2, 0) is 9.53 Å². The Labute approximate surface area is 78.6 Å². The summed E-state index contributed by atoms with van der Waals surface area (Å²) in [6.07, 6.45) is 1.65. The molecule has 3 fully saturated rings. The monoisotopic (exact) mass is 180 g/mol. The Bertz CT molecular complexity index is 259. The third-order valence-corrected chi connectivity index (χ3v) is 4.65. The van der Waals surface area contributed by atoms with Gasteiger partial charge in [-0.15, -0.1) is 0 Å². The minimum absolute atomic E-state index is 0.347. The zero-order chi connectivity index (χ0) is 9.16. The summed E-state index contributed by atoms with van der Waals surface area (Å²) in [5, 5.41) is 0. The predicted molar refractivity (Wildman–Crippen MR) is 48.2 cm³/mol. The fraction of sp³-hybridized carbons (Fsp3) is 0.909. The standard InChI is InChI=1S/C11H16O2/c1-5-7-3-8-10(5)9(12)4-13-11(8)6(7)2/h5-8,10-11H,3-4H2,1-2H3/t5-,6+,7?,8?,10?,11?/m0/s1. The molecule has 1 aliphatic heterocycles. The van der Waals surface area contributed by atoms with Gasteiger partial charge in [0.25, 0.3) is 0 Å². The second-order valence-corrected chi connectivity index (χ2v) is 5.05. The Balaban J connectivity index is 1.99. The van der Waals surface area contributed by atoms with Crippen LogP contribution in [0.25, 0.3) is 0 Å². The van der Waals surface area contributed by atoms with Crippen LogP contribution in [0.2, 0.25) is 0 Å². The van der Waals surface area contributed by atoms with Crippen molar-refractivity contribution in [1.82, 2.24) is 0 Å². The molecule has 0 aromatic heterocycles. The Morgan fingerprint density at radius 3 is 2.69 bits per heavy atom. The molecule has 2 saturated carbocycles. The Hall–Kier alpha value is -0.370. The normalized spacial score (nSPS) is 58.8. The van der Waals surface area contributed by atoms with Crippen molar-refractivity contribution in [3.8, 4) is 0 Å². The number of Topliss-reactive ketones (excluding diaryl/α,β-unsaturated/α-hetero) is 1. The number of ketones is 1. The lowest BCUT2D eigenvalue weighted by Crippen LogP contribution is -2.47. The summed E-state index contributed by atoms with van der Waals surface area (Å²) >= 11 is 0. The fourth-order valence-corrected chi connectivity index (χ4v) is 4.08. The van der Waals surface area contributed by atoms with Crippen molar-refractivity contribution in [1.29, 1.82) is 0 Å². The summed E-state index contributed by atoms with van der Waals surface area (Å²) in [5.74, 6) is 3.33. The summed E-state index contributed by atoms with van der Waals surface area (Å²) in [6.45, 7) is 4.93. The van der Waals surface area contributed by atoms with Crippen LogP contribution in [0.5, 0.6) is 0 Å². The number of hydrogen-bond acceptors (Lipinski definition) is 2. The van der Waals surface area contributed by atoms with Crippen LogP contribution >= 0.6 is 0 Å². The van der Waals surface area contributed by atoms with Crippen molar-refractivity contribution in [2.24, 2.45) is 29.6 Å². The van der Waals surface area contributed by atoms with E-state index in [0.717, 1.165) is 5.92 Å². The highest BCUT2D eigenvalue weighted by Crippen LogP contribution is 2.57. The van der Waals surface area contributed by atoms with Crippen molar-refractivity contribution in [2.75, 3.05) is 6.61 Å². The van der Waals surface area contributed by atoms with Gasteiger partial charge in [-0.3, -0.25) is 4.79 Å². The van der Waals surface area contributed by atoms with Gasteiger partial charge in [-0.05, 0) is 30.1 Å². The van der Waals surface area contributed by atoms with E-state index in [1.807, 2.05) is 0 Å². The van der Waals surface area contributed by atoms with Gasteiger partial charge in [0.15, 0.2) is 5.78 Å². The first-order chi connectivity index (χ1) is 6.20. The molecule has 2 heteroatoms. The molecule has 0 amide bonds. The molecule has 0 spiro atoms. The molecule has 3 rings (SSSR count). The van der Waals surface area contributed by atoms with Gasteiger partial charge in [0.2, 0.25) is 0 Å². The van der Waals surface area contributed by atoms with E-state index in [1.54, 1.807) is 0 Å². The van der Waals surface area contributed by atoms with Crippen molar-refractivity contribution >= 4 is 5.78 Å². The molecule has 2 bridgehead atoms. The minimum Gasteiger partial charge on any atom is -0.370 e. The molecule has 1 heterocycles. The molecule has 72 valence electrons. The van der Waals surface area contributed by atoms with E-state index in [4.69, 9.17) is 4.74 Å². The Kier molecular flexibility index (Phi) is 1.44. The summed E-state index contributed by atoms with van der Waals surface area (Å²) in [6, 6.07) is 0. The average Bonchev–Trinajstić information content (AvgIpc) is 2.58. The molecule has 13 heavy (non-hydrogen) atoms. The summed E-state index contributed by atoms with van der Waals surface area (Å²) in [7, 11) is 0. The zero-order valence-electron chi connectivity index (χ0n) is 8.19. The second kappa shape index (κ2) is 2.35. The molecule has 3 aliphatic rings. The summed E-state index contributed by atoms with van der Waals surface area (Å²) < 4.78 is 5.63. The van der Waals surface area contributed by atoms with E-state index in [9.17, 15) is 4.79 Å². The quantitative estimate of drug-likeness (QED) is 0.564. The minimum atomic E-state index is 0.347. The van der Waals surface area contributed by atoms with Crippen LogP contribution in [-0.4, -0.2) is 18.5 Å². The molecular weight excluding hydrogens is 164 g/mol. The SMILES string of the molecule is C[C@@H]1C2C(=O)COC3C2CC1[C@H]3C. The lowest BCUT2D eigenvalue weighted by atomic mass is 9.71. The van der Waals surface area contributed by atoms with Crippen molar-refractivity contribution < 1.29 is 9.53 Å². The first-order valence-corrected chi connectivity index (χ1v) is 5.34. The van der Waals surface area contributed by atoms with Gasteiger partial charge in [-0.25, -0.2) is 0 Å². The van der Waals surface area contributed by atoms with E-state index < -0.39 is 0 Å². The van der Waals surface area contributed by atoms with Crippen LogP contribution in [0.1, 0.15) is 20.3 Å². The second-order valence-electron chi connectivity index (χ2n) is 5.05. The maximum atomic E-state index is 11.6. The van der Waals surface area contributed by atoms with Gasteiger partial charge in [0.1, 0.15) is 6.61 Å². The highest BCUT2D eigenvalue weighted by Gasteiger charge is 2.59. The van der Waals surface area contributed by atoms with Crippen LogP contribution in [0.4, 0.5) is 0 Å². The first kappa shape index (κ1) is 7.98. The molecule has 6 atom stereocenters. The molecule has 4 unspecified atom stereocenters. The Morgan fingerprint density at radius 2 is 2.00 bits per heavy atom. The molecule has 0 N–H and O–H groups in total. The van der Waals surface area contributed by atoms with Gasteiger partial charge >= 0.3 is 0 Å². The molecule has 0 aromatic carbocycles. The van der Waals surface area contributed by atoms with Crippen molar-refractivity contribution in [2.45, 2.75) is 26.4 Å². The number of rotatable bonds is 0.